The number of aromatic nitrogens is 2. The highest BCUT2D eigenvalue weighted by Crippen LogP contribution is 2.17. The molecule has 1 fully saturated rings. The summed E-state index contributed by atoms with van der Waals surface area (Å²) in [5.41, 5.74) is 3.17. The lowest BCUT2D eigenvalue weighted by Crippen LogP contribution is -2.28. The van der Waals surface area contributed by atoms with Gasteiger partial charge in [0.2, 0.25) is 5.91 Å². The van der Waals surface area contributed by atoms with E-state index < -0.39 is 0 Å². The van der Waals surface area contributed by atoms with Crippen LogP contribution in [0.4, 0.5) is 0 Å². The minimum atomic E-state index is -0.0954. The Kier molecular flexibility index (Phi) is 4.96. The Hall–Kier alpha value is -1.88. The molecule has 0 radical (unpaired) electrons. The van der Waals surface area contributed by atoms with Gasteiger partial charge in [-0.05, 0) is 70.4 Å². The zero-order valence-corrected chi connectivity index (χ0v) is 14.1. The largest absolute Gasteiger partial charge is 0.346 e. The number of likely N-dealkylation sites (tertiary alicyclic amines) is 1. The van der Waals surface area contributed by atoms with E-state index >= 15 is 0 Å². The van der Waals surface area contributed by atoms with Crippen molar-refractivity contribution >= 4 is 16.9 Å². The molecule has 23 heavy (non-hydrogen) atoms. The van der Waals surface area contributed by atoms with E-state index in [1.807, 2.05) is 13.0 Å². The van der Waals surface area contributed by atoms with Crippen molar-refractivity contribution < 1.29 is 4.79 Å². The molecule has 2 aromatic rings. The van der Waals surface area contributed by atoms with E-state index in [1.54, 1.807) is 0 Å². The summed E-state index contributed by atoms with van der Waals surface area (Å²) in [5.74, 6) is 0.923. The third-order valence-corrected chi connectivity index (χ3v) is 4.52. The second-order valence-electron chi connectivity index (χ2n) is 6.58. The topological polar surface area (TPSA) is 61.0 Å². The molecule has 1 atom stereocenters. The van der Waals surface area contributed by atoms with Crippen LogP contribution in [0.15, 0.2) is 18.2 Å². The van der Waals surface area contributed by atoms with Gasteiger partial charge in [-0.3, -0.25) is 4.79 Å². The number of carbonyl (C=O) groups excluding carboxylic acids is 1. The van der Waals surface area contributed by atoms with Crippen molar-refractivity contribution in [2.24, 2.45) is 0 Å². The van der Waals surface area contributed by atoms with Crippen LogP contribution < -0.4 is 5.32 Å². The van der Waals surface area contributed by atoms with Gasteiger partial charge < -0.3 is 15.2 Å². The van der Waals surface area contributed by atoms with Crippen molar-refractivity contribution in [2.45, 2.75) is 45.6 Å². The zero-order valence-electron chi connectivity index (χ0n) is 14.1. The van der Waals surface area contributed by atoms with Crippen LogP contribution in [-0.4, -0.2) is 40.4 Å². The highest BCUT2D eigenvalue weighted by atomic mass is 16.1. The van der Waals surface area contributed by atoms with Crippen LogP contribution in [0.5, 0.6) is 0 Å². The smallest absolute Gasteiger partial charge is 0.220 e. The van der Waals surface area contributed by atoms with Crippen molar-refractivity contribution in [2.75, 3.05) is 19.6 Å². The maximum Gasteiger partial charge on any atom is 0.220 e. The van der Waals surface area contributed by atoms with Gasteiger partial charge in [-0.15, -0.1) is 0 Å². The number of imidazole rings is 1. The van der Waals surface area contributed by atoms with Gasteiger partial charge in [0.15, 0.2) is 0 Å². The Bertz CT molecular complexity index is 673. The lowest BCUT2D eigenvalue weighted by molar-refractivity contribution is -0.121. The van der Waals surface area contributed by atoms with E-state index in [1.165, 1.54) is 31.5 Å². The molecule has 0 bridgehead atoms. The number of carbonyl (C=O) groups is 1. The van der Waals surface area contributed by atoms with Crippen LogP contribution in [0.2, 0.25) is 0 Å². The van der Waals surface area contributed by atoms with Gasteiger partial charge in [0, 0.05) is 6.42 Å². The Morgan fingerprint density at radius 1 is 1.39 bits per heavy atom. The summed E-state index contributed by atoms with van der Waals surface area (Å²) in [7, 11) is 0. The molecule has 3 rings (SSSR count). The molecule has 0 spiro atoms. The summed E-state index contributed by atoms with van der Waals surface area (Å²) in [5, 5.41) is 3.05. The van der Waals surface area contributed by atoms with Crippen LogP contribution in [0.25, 0.3) is 11.0 Å². The number of hydrogen-bond donors (Lipinski definition) is 2. The van der Waals surface area contributed by atoms with Gasteiger partial charge in [0.25, 0.3) is 0 Å². The van der Waals surface area contributed by atoms with E-state index in [-0.39, 0.29) is 11.9 Å². The van der Waals surface area contributed by atoms with Gasteiger partial charge in [-0.1, -0.05) is 6.07 Å². The molecule has 0 unspecified atom stereocenters. The third-order valence-electron chi connectivity index (χ3n) is 4.52. The summed E-state index contributed by atoms with van der Waals surface area (Å²) < 4.78 is 0. The molecule has 1 aliphatic rings. The fourth-order valence-corrected chi connectivity index (χ4v) is 3.20. The molecule has 2 heterocycles. The number of rotatable bonds is 6. The highest BCUT2D eigenvalue weighted by molar-refractivity contribution is 5.77. The van der Waals surface area contributed by atoms with Gasteiger partial charge in [-0.25, -0.2) is 4.98 Å². The minimum absolute atomic E-state index is 0.0954. The first-order valence-electron chi connectivity index (χ1n) is 8.60. The second-order valence-corrected chi connectivity index (χ2v) is 6.58. The molecule has 2 N–H and O–H groups in total. The molecule has 0 saturated carbocycles. The van der Waals surface area contributed by atoms with E-state index in [4.69, 9.17) is 0 Å². The van der Waals surface area contributed by atoms with Gasteiger partial charge >= 0.3 is 0 Å². The number of benzene rings is 1. The van der Waals surface area contributed by atoms with Gasteiger partial charge in [0.05, 0.1) is 17.1 Å². The summed E-state index contributed by atoms with van der Waals surface area (Å²) >= 11 is 0. The number of aryl methyl sites for hydroxylation is 1. The highest BCUT2D eigenvalue weighted by Gasteiger charge is 2.15. The normalized spacial score (nSPS) is 16.8. The molecule has 1 saturated heterocycles. The molecule has 124 valence electrons. The van der Waals surface area contributed by atoms with Crippen LogP contribution in [0.1, 0.15) is 50.0 Å². The Labute approximate surface area is 137 Å². The molecular weight excluding hydrogens is 288 g/mol. The van der Waals surface area contributed by atoms with Crippen molar-refractivity contribution in [3.8, 4) is 0 Å². The number of amides is 1. The number of aromatic amines is 1. The second kappa shape index (κ2) is 7.13. The number of fused-ring (bicyclic) bond motifs is 1. The maximum absolute atomic E-state index is 12.1. The number of hydrogen-bond acceptors (Lipinski definition) is 3. The number of H-pyrrole nitrogens is 1. The van der Waals surface area contributed by atoms with Crippen molar-refractivity contribution in [1.29, 1.82) is 0 Å². The van der Waals surface area contributed by atoms with Crippen molar-refractivity contribution in [3.05, 3.63) is 29.6 Å². The van der Waals surface area contributed by atoms with Crippen molar-refractivity contribution in [3.63, 3.8) is 0 Å². The van der Waals surface area contributed by atoms with Crippen LogP contribution >= 0.6 is 0 Å². The van der Waals surface area contributed by atoms with Crippen LogP contribution in [0, 0.1) is 6.92 Å². The fraction of sp³-hybridized carbons (Fsp3) is 0.556. The first-order valence-corrected chi connectivity index (χ1v) is 8.60. The van der Waals surface area contributed by atoms with Crippen LogP contribution in [0.3, 0.4) is 0 Å². The van der Waals surface area contributed by atoms with E-state index in [2.05, 4.69) is 39.2 Å². The standard InChI is InChI=1S/C18H26N4O/c1-13-7-8-15-16(12-13)21-18(20-15)14(2)19-17(23)6-5-11-22-9-3-4-10-22/h7-8,12,14H,3-6,9-11H2,1-2H3,(H,19,23)(H,20,21)/t14-/m1/s1. The lowest BCUT2D eigenvalue weighted by Gasteiger charge is -2.15. The summed E-state index contributed by atoms with van der Waals surface area (Å²) in [6.07, 6.45) is 4.11. The lowest BCUT2D eigenvalue weighted by atomic mass is 10.2. The Morgan fingerprint density at radius 3 is 2.96 bits per heavy atom. The maximum atomic E-state index is 12.1. The van der Waals surface area contributed by atoms with Crippen molar-refractivity contribution in [1.82, 2.24) is 20.2 Å². The predicted octanol–water partition coefficient (Wildman–Crippen LogP) is 2.92. The molecular formula is C18H26N4O. The van der Waals surface area contributed by atoms with E-state index in [9.17, 15) is 4.79 Å². The summed E-state index contributed by atoms with van der Waals surface area (Å²) in [6.45, 7) is 7.45. The average Bonchev–Trinajstić information content (AvgIpc) is 3.15. The average molecular weight is 314 g/mol. The van der Waals surface area contributed by atoms with Gasteiger partial charge in [0.1, 0.15) is 5.82 Å². The first-order chi connectivity index (χ1) is 11.1. The SMILES string of the molecule is Cc1ccc2nc([C@@H](C)NC(=O)CCCN3CCCC3)[nH]c2c1. The predicted molar refractivity (Wildman–Crippen MR) is 92.3 cm³/mol. The van der Waals surface area contributed by atoms with E-state index in [0.29, 0.717) is 6.42 Å². The molecule has 5 nitrogen and oxygen atoms in total. The fourth-order valence-electron chi connectivity index (χ4n) is 3.20. The minimum Gasteiger partial charge on any atom is -0.346 e. The number of nitrogens with one attached hydrogen (secondary N) is 2. The zero-order chi connectivity index (χ0) is 16.2. The quantitative estimate of drug-likeness (QED) is 0.862. The summed E-state index contributed by atoms with van der Waals surface area (Å²) in [6, 6.07) is 6.04. The van der Waals surface area contributed by atoms with E-state index in [0.717, 1.165) is 29.8 Å². The third kappa shape index (κ3) is 4.10. The number of nitrogens with zero attached hydrogens (tertiary/aromatic N) is 2. The van der Waals surface area contributed by atoms with Gasteiger partial charge in [-0.2, -0.15) is 0 Å². The first kappa shape index (κ1) is 16.0. The Morgan fingerprint density at radius 2 is 2.17 bits per heavy atom. The molecule has 1 aromatic heterocycles. The molecule has 1 aliphatic heterocycles. The molecule has 0 aliphatic carbocycles. The molecule has 1 aromatic carbocycles. The molecule has 5 heteroatoms. The monoisotopic (exact) mass is 314 g/mol. The molecule has 1 amide bonds. The summed E-state index contributed by atoms with van der Waals surface area (Å²) in [4.78, 5) is 22.4. The van der Waals surface area contributed by atoms with Crippen LogP contribution in [-0.2, 0) is 4.79 Å². The Balaban J connectivity index is 1.50.